The third-order valence-electron chi connectivity index (χ3n) is 4.89. The van der Waals surface area contributed by atoms with Crippen LogP contribution in [0.3, 0.4) is 0 Å². The zero-order chi connectivity index (χ0) is 20.4. The molecule has 1 amide bonds. The van der Waals surface area contributed by atoms with Gasteiger partial charge in [-0.15, -0.1) is 0 Å². The third kappa shape index (κ3) is 3.92. The highest BCUT2D eigenvalue weighted by Gasteiger charge is 2.15. The highest BCUT2D eigenvalue weighted by Crippen LogP contribution is 2.27. The Morgan fingerprint density at radius 3 is 2.66 bits per heavy atom. The van der Waals surface area contributed by atoms with Crippen LogP contribution in [0.25, 0.3) is 21.9 Å². The molecule has 148 valence electrons. The van der Waals surface area contributed by atoms with Crippen molar-refractivity contribution in [3.63, 3.8) is 0 Å². The van der Waals surface area contributed by atoms with Gasteiger partial charge in [0.15, 0.2) is 11.5 Å². The summed E-state index contributed by atoms with van der Waals surface area (Å²) < 4.78 is 7.04. The van der Waals surface area contributed by atoms with Gasteiger partial charge in [0.05, 0.1) is 24.4 Å². The number of nitrogens with zero attached hydrogens (tertiary/aromatic N) is 3. The number of hydrogen-bond donors (Lipinski definition) is 1. The van der Waals surface area contributed by atoms with Gasteiger partial charge in [-0.1, -0.05) is 30.7 Å². The zero-order valence-corrected chi connectivity index (χ0v) is 16.9. The number of aromatic nitrogens is 3. The van der Waals surface area contributed by atoms with Crippen LogP contribution in [-0.4, -0.2) is 27.8 Å². The molecule has 0 atom stereocenters. The van der Waals surface area contributed by atoms with Crippen LogP contribution < -0.4 is 10.1 Å². The number of carbonyl (C=O) groups excluding carboxylic acids is 1. The topological polar surface area (TPSA) is 69.0 Å². The van der Waals surface area contributed by atoms with Crippen LogP contribution in [-0.2, 0) is 17.8 Å². The number of carbonyl (C=O) groups is 1. The van der Waals surface area contributed by atoms with Gasteiger partial charge in [0, 0.05) is 11.9 Å². The van der Waals surface area contributed by atoms with E-state index in [2.05, 4.69) is 42.5 Å². The minimum Gasteiger partial charge on any atom is -0.497 e. The number of hydrogen-bond acceptors (Lipinski definition) is 4. The smallest absolute Gasteiger partial charge is 0.230 e. The number of nitrogens with one attached hydrogen (secondary N) is 1. The van der Waals surface area contributed by atoms with Crippen molar-refractivity contribution in [2.45, 2.75) is 33.2 Å². The van der Waals surface area contributed by atoms with Crippen molar-refractivity contribution in [3.05, 3.63) is 59.7 Å². The van der Waals surface area contributed by atoms with Crippen LogP contribution in [0, 0.1) is 6.92 Å². The number of ether oxygens (including phenoxy) is 1. The Kier molecular flexibility index (Phi) is 5.16. The number of benzene rings is 2. The molecule has 6 heteroatoms. The molecular weight excluding hydrogens is 364 g/mol. The van der Waals surface area contributed by atoms with E-state index in [9.17, 15) is 4.79 Å². The highest BCUT2D eigenvalue weighted by atomic mass is 16.5. The fourth-order valence-corrected chi connectivity index (χ4v) is 3.44. The molecule has 6 nitrogen and oxygen atoms in total. The second-order valence-electron chi connectivity index (χ2n) is 7.20. The van der Waals surface area contributed by atoms with Crippen LogP contribution in [0.4, 0.5) is 5.82 Å². The normalized spacial score (nSPS) is 11.1. The maximum atomic E-state index is 12.7. The van der Waals surface area contributed by atoms with E-state index in [-0.39, 0.29) is 12.3 Å². The van der Waals surface area contributed by atoms with E-state index in [0.717, 1.165) is 46.2 Å². The van der Waals surface area contributed by atoms with Crippen molar-refractivity contribution < 1.29 is 9.53 Å². The molecule has 0 saturated heterocycles. The maximum Gasteiger partial charge on any atom is 0.230 e. The second-order valence-corrected chi connectivity index (χ2v) is 7.20. The summed E-state index contributed by atoms with van der Waals surface area (Å²) in [4.78, 5) is 17.5. The number of fused-ring (bicyclic) bond motifs is 2. The molecule has 0 saturated carbocycles. The lowest BCUT2D eigenvalue weighted by Gasteiger charge is -2.05. The molecule has 4 aromatic rings. The fraction of sp³-hybridized carbons (Fsp3) is 0.261. The Balaban J connectivity index is 1.66. The van der Waals surface area contributed by atoms with Crippen LogP contribution in [0.15, 0.2) is 48.5 Å². The van der Waals surface area contributed by atoms with Crippen molar-refractivity contribution in [3.8, 4) is 5.75 Å². The van der Waals surface area contributed by atoms with E-state index in [1.54, 1.807) is 7.11 Å². The van der Waals surface area contributed by atoms with Gasteiger partial charge in [-0.05, 0) is 49.2 Å². The summed E-state index contributed by atoms with van der Waals surface area (Å²) in [5.74, 6) is 1.22. The average Bonchev–Trinajstić information content (AvgIpc) is 3.03. The monoisotopic (exact) mass is 388 g/mol. The van der Waals surface area contributed by atoms with E-state index >= 15 is 0 Å². The molecule has 0 bridgehead atoms. The van der Waals surface area contributed by atoms with E-state index in [1.165, 1.54) is 5.56 Å². The Labute approximate surface area is 169 Å². The van der Waals surface area contributed by atoms with Crippen LogP contribution in [0.1, 0.15) is 24.5 Å². The van der Waals surface area contributed by atoms with Gasteiger partial charge < -0.3 is 10.1 Å². The minimum atomic E-state index is -0.109. The number of rotatable bonds is 6. The molecule has 0 spiro atoms. The lowest BCUT2D eigenvalue weighted by molar-refractivity contribution is -0.115. The first-order valence-electron chi connectivity index (χ1n) is 9.78. The minimum absolute atomic E-state index is 0.109. The fourth-order valence-electron chi connectivity index (χ4n) is 3.44. The van der Waals surface area contributed by atoms with Crippen molar-refractivity contribution >= 4 is 33.7 Å². The van der Waals surface area contributed by atoms with Crippen molar-refractivity contribution in [2.75, 3.05) is 12.4 Å². The largest absolute Gasteiger partial charge is 0.497 e. The van der Waals surface area contributed by atoms with Crippen LogP contribution >= 0.6 is 0 Å². The predicted molar refractivity (Wildman–Crippen MR) is 115 cm³/mol. The molecule has 0 aliphatic rings. The molecular formula is C23H24N4O2. The molecule has 29 heavy (non-hydrogen) atoms. The number of anilines is 1. The van der Waals surface area contributed by atoms with E-state index in [0.29, 0.717) is 5.82 Å². The van der Waals surface area contributed by atoms with Gasteiger partial charge in [0.25, 0.3) is 0 Å². The summed E-state index contributed by atoms with van der Waals surface area (Å²) in [6, 6.07) is 15.7. The molecule has 2 aromatic heterocycles. The van der Waals surface area contributed by atoms with Gasteiger partial charge >= 0.3 is 0 Å². The molecule has 0 aliphatic carbocycles. The van der Waals surface area contributed by atoms with Crippen LogP contribution in [0.5, 0.6) is 5.75 Å². The molecule has 0 radical (unpaired) electrons. The lowest BCUT2D eigenvalue weighted by Crippen LogP contribution is -2.15. The van der Waals surface area contributed by atoms with Crippen LogP contribution in [0.2, 0.25) is 0 Å². The van der Waals surface area contributed by atoms with E-state index in [4.69, 9.17) is 9.72 Å². The summed E-state index contributed by atoms with van der Waals surface area (Å²) in [5.41, 5.74) is 3.81. The summed E-state index contributed by atoms with van der Waals surface area (Å²) in [6.45, 7) is 4.90. The summed E-state index contributed by atoms with van der Waals surface area (Å²) in [6.07, 6.45) is 1.20. The third-order valence-corrected chi connectivity index (χ3v) is 4.89. The molecule has 0 fully saturated rings. The van der Waals surface area contributed by atoms with E-state index < -0.39 is 0 Å². The Hall–Kier alpha value is -3.41. The first-order valence-corrected chi connectivity index (χ1v) is 9.78. The summed E-state index contributed by atoms with van der Waals surface area (Å²) in [5, 5.41) is 9.52. The van der Waals surface area contributed by atoms with Gasteiger partial charge in [0.2, 0.25) is 5.91 Å². The SMILES string of the molecule is CCCn1nc(NC(=O)Cc2ccc(OC)cc2)c2cc3cc(C)ccc3nc21. The first kappa shape index (κ1) is 18.9. The maximum absolute atomic E-state index is 12.7. The number of methoxy groups -OCH3 is 1. The quantitative estimate of drug-likeness (QED) is 0.528. The number of amides is 1. The van der Waals surface area contributed by atoms with Gasteiger partial charge in [-0.3, -0.25) is 4.79 Å². The first-order chi connectivity index (χ1) is 14.1. The van der Waals surface area contributed by atoms with Crippen molar-refractivity contribution in [2.24, 2.45) is 0 Å². The number of pyridine rings is 1. The standard InChI is InChI=1S/C23H24N4O2/c1-4-11-27-23-19(14-17-12-15(2)5-10-20(17)24-23)22(26-27)25-21(28)13-16-6-8-18(29-3)9-7-16/h5-10,12,14H,4,11,13H2,1-3H3,(H,25,26,28). The van der Waals surface area contributed by atoms with Gasteiger partial charge in [-0.2, -0.15) is 5.10 Å². The average molecular weight is 388 g/mol. The molecule has 1 N–H and O–H groups in total. The lowest BCUT2D eigenvalue weighted by atomic mass is 10.1. The summed E-state index contributed by atoms with van der Waals surface area (Å²) >= 11 is 0. The van der Waals surface area contributed by atoms with Crippen molar-refractivity contribution in [1.82, 2.24) is 14.8 Å². The zero-order valence-electron chi connectivity index (χ0n) is 16.9. The van der Waals surface area contributed by atoms with Gasteiger partial charge in [0.1, 0.15) is 5.75 Å². The molecule has 0 unspecified atom stereocenters. The molecule has 4 rings (SSSR count). The predicted octanol–water partition coefficient (Wildman–Crippen LogP) is 4.49. The molecule has 2 aromatic carbocycles. The molecule has 0 aliphatic heterocycles. The van der Waals surface area contributed by atoms with E-state index in [1.807, 2.05) is 35.0 Å². The number of aryl methyl sites for hydroxylation is 2. The second kappa shape index (κ2) is 7.91. The Morgan fingerprint density at radius 1 is 1.14 bits per heavy atom. The van der Waals surface area contributed by atoms with Gasteiger partial charge in [-0.25, -0.2) is 9.67 Å². The Morgan fingerprint density at radius 2 is 1.93 bits per heavy atom. The highest BCUT2D eigenvalue weighted by molar-refractivity contribution is 6.03. The van der Waals surface area contributed by atoms with Crippen molar-refractivity contribution in [1.29, 1.82) is 0 Å². The molecule has 2 heterocycles. The Bertz CT molecular complexity index is 1180. The summed E-state index contributed by atoms with van der Waals surface area (Å²) in [7, 11) is 1.62.